The number of anilines is 1. The summed E-state index contributed by atoms with van der Waals surface area (Å²) in [4.78, 5) is 10.4. The molecule has 0 amide bonds. The number of rotatable bonds is 6. The second-order valence-corrected chi connectivity index (χ2v) is 4.05. The van der Waals surface area contributed by atoms with Gasteiger partial charge in [-0.3, -0.25) is 10.1 Å². The summed E-state index contributed by atoms with van der Waals surface area (Å²) in [6.45, 7) is 0.703. The predicted molar refractivity (Wildman–Crippen MR) is 66.5 cm³/mol. The van der Waals surface area contributed by atoms with Crippen molar-refractivity contribution >= 4 is 23.1 Å². The van der Waals surface area contributed by atoms with Gasteiger partial charge in [0.05, 0.1) is 18.1 Å². The van der Waals surface area contributed by atoms with Crippen LogP contribution < -0.4 is 10.1 Å². The van der Waals surface area contributed by atoms with E-state index in [1.807, 2.05) is 6.26 Å². The first-order valence-corrected chi connectivity index (χ1v) is 6.13. The number of methoxy groups -OCH3 is 1. The highest BCUT2D eigenvalue weighted by molar-refractivity contribution is 7.98. The van der Waals surface area contributed by atoms with Crippen molar-refractivity contribution in [1.29, 1.82) is 0 Å². The molecule has 1 aromatic carbocycles. The molecule has 0 aromatic heterocycles. The minimum atomic E-state index is -0.413. The Morgan fingerprint density at radius 1 is 1.56 bits per heavy atom. The van der Waals surface area contributed by atoms with Crippen molar-refractivity contribution in [3.05, 3.63) is 28.3 Å². The van der Waals surface area contributed by atoms with Gasteiger partial charge in [0.2, 0.25) is 0 Å². The molecule has 0 fully saturated rings. The first kappa shape index (κ1) is 12.6. The highest BCUT2D eigenvalue weighted by atomic mass is 32.2. The van der Waals surface area contributed by atoms with Crippen LogP contribution in [0.15, 0.2) is 18.2 Å². The Labute approximate surface area is 98.3 Å². The zero-order valence-corrected chi connectivity index (χ0v) is 10.0. The van der Waals surface area contributed by atoms with Crippen molar-refractivity contribution in [3.63, 3.8) is 0 Å². The molecule has 1 aromatic rings. The molecule has 0 aliphatic carbocycles. The minimum absolute atomic E-state index is 0.0421. The molecule has 0 bridgehead atoms. The van der Waals surface area contributed by atoms with Gasteiger partial charge in [-0.15, -0.1) is 0 Å². The lowest BCUT2D eigenvalue weighted by molar-refractivity contribution is -0.384. The molecule has 0 unspecified atom stereocenters. The summed E-state index contributed by atoms with van der Waals surface area (Å²) in [5, 5.41) is 13.9. The molecule has 1 rings (SSSR count). The average Bonchev–Trinajstić information content (AvgIpc) is 2.29. The molecule has 1 N–H and O–H groups in total. The molecule has 0 heterocycles. The summed E-state index contributed by atoms with van der Waals surface area (Å²) < 4.78 is 4.95. The normalized spacial score (nSPS) is 9.88. The number of nitro groups is 1. The molecule has 0 saturated heterocycles. The van der Waals surface area contributed by atoms with Crippen molar-refractivity contribution in [2.75, 3.05) is 31.0 Å². The molecule has 88 valence electrons. The third-order valence-electron chi connectivity index (χ3n) is 2.02. The Bertz CT molecular complexity index is 371. The number of hydrogen-bond acceptors (Lipinski definition) is 5. The van der Waals surface area contributed by atoms with E-state index in [9.17, 15) is 10.1 Å². The Balaban J connectivity index is 2.85. The standard InChI is InChI=1S/C10H14N2O3S/c1-15-8-3-4-9(11-5-6-16-2)10(7-8)12(13)14/h3-4,7,11H,5-6H2,1-2H3. The fourth-order valence-corrected chi connectivity index (χ4v) is 1.53. The summed E-state index contributed by atoms with van der Waals surface area (Å²) in [5.41, 5.74) is 0.570. The number of nitrogens with one attached hydrogen (secondary N) is 1. The third-order valence-corrected chi connectivity index (χ3v) is 2.64. The molecule has 0 aliphatic rings. The first-order chi connectivity index (χ1) is 7.69. The van der Waals surface area contributed by atoms with E-state index in [2.05, 4.69) is 5.32 Å². The fourth-order valence-electron chi connectivity index (χ4n) is 1.23. The fraction of sp³-hybridized carbons (Fsp3) is 0.400. The maximum absolute atomic E-state index is 10.8. The van der Waals surface area contributed by atoms with Gasteiger partial charge in [-0.1, -0.05) is 0 Å². The Morgan fingerprint density at radius 2 is 2.31 bits per heavy atom. The predicted octanol–water partition coefficient (Wildman–Crippen LogP) is 2.38. The van der Waals surface area contributed by atoms with Crippen LogP contribution in [0.25, 0.3) is 0 Å². The maximum atomic E-state index is 10.8. The lowest BCUT2D eigenvalue weighted by Gasteiger charge is -2.07. The van der Waals surface area contributed by atoms with Crippen molar-refractivity contribution in [1.82, 2.24) is 0 Å². The maximum Gasteiger partial charge on any atom is 0.296 e. The lowest BCUT2D eigenvalue weighted by Crippen LogP contribution is -2.06. The molecular formula is C10H14N2O3S. The summed E-state index contributed by atoms with van der Waals surface area (Å²) in [6, 6.07) is 4.78. The van der Waals surface area contributed by atoms with E-state index in [4.69, 9.17) is 4.74 Å². The molecule has 0 spiro atoms. The van der Waals surface area contributed by atoms with Crippen molar-refractivity contribution in [3.8, 4) is 5.75 Å². The second-order valence-electron chi connectivity index (χ2n) is 3.06. The summed E-state index contributed by atoms with van der Waals surface area (Å²) in [5.74, 6) is 1.39. The highest BCUT2D eigenvalue weighted by Gasteiger charge is 2.14. The smallest absolute Gasteiger partial charge is 0.296 e. The van der Waals surface area contributed by atoms with Gasteiger partial charge in [0.25, 0.3) is 5.69 Å². The van der Waals surface area contributed by atoms with Gasteiger partial charge in [-0.05, 0) is 18.4 Å². The number of benzene rings is 1. The van der Waals surface area contributed by atoms with Gasteiger partial charge in [0.15, 0.2) is 0 Å². The van der Waals surface area contributed by atoms with E-state index in [1.165, 1.54) is 13.2 Å². The van der Waals surface area contributed by atoms with E-state index in [1.54, 1.807) is 23.9 Å². The number of ether oxygens (including phenoxy) is 1. The molecular weight excluding hydrogens is 228 g/mol. The minimum Gasteiger partial charge on any atom is -0.496 e. The average molecular weight is 242 g/mol. The van der Waals surface area contributed by atoms with E-state index in [0.717, 1.165) is 5.75 Å². The number of hydrogen-bond donors (Lipinski definition) is 1. The van der Waals surface area contributed by atoms with Gasteiger partial charge in [-0.25, -0.2) is 0 Å². The van der Waals surface area contributed by atoms with Crippen molar-refractivity contribution in [2.24, 2.45) is 0 Å². The number of thioether (sulfide) groups is 1. The largest absolute Gasteiger partial charge is 0.496 e. The summed E-state index contributed by atoms with van der Waals surface area (Å²) >= 11 is 1.69. The molecule has 6 heteroatoms. The van der Waals surface area contributed by atoms with Crippen LogP contribution in [0.5, 0.6) is 5.75 Å². The summed E-state index contributed by atoms with van der Waals surface area (Å²) in [7, 11) is 1.49. The Kier molecular flexibility index (Phi) is 4.91. The first-order valence-electron chi connectivity index (χ1n) is 4.74. The van der Waals surface area contributed by atoms with E-state index in [-0.39, 0.29) is 5.69 Å². The van der Waals surface area contributed by atoms with Crippen molar-refractivity contribution < 1.29 is 9.66 Å². The topological polar surface area (TPSA) is 64.4 Å². The molecule has 0 atom stereocenters. The second kappa shape index (κ2) is 6.22. The SMILES string of the molecule is COc1ccc(NCCSC)c([N+](=O)[O-])c1. The van der Waals surface area contributed by atoms with E-state index in [0.29, 0.717) is 18.0 Å². The third kappa shape index (κ3) is 3.30. The Hall–Kier alpha value is -1.43. The highest BCUT2D eigenvalue weighted by Crippen LogP contribution is 2.28. The van der Waals surface area contributed by atoms with Crippen LogP contribution in [0, 0.1) is 10.1 Å². The Morgan fingerprint density at radius 3 is 2.88 bits per heavy atom. The van der Waals surface area contributed by atoms with Gasteiger partial charge >= 0.3 is 0 Å². The quantitative estimate of drug-likeness (QED) is 0.471. The lowest BCUT2D eigenvalue weighted by atomic mass is 10.2. The molecule has 0 saturated carbocycles. The van der Waals surface area contributed by atoms with Gasteiger partial charge < -0.3 is 10.1 Å². The van der Waals surface area contributed by atoms with Crippen molar-refractivity contribution in [2.45, 2.75) is 0 Å². The zero-order chi connectivity index (χ0) is 12.0. The van der Waals surface area contributed by atoms with E-state index >= 15 is 0 Å². The number of nitro benzene ring substituents is 1. The van der Waals surface area contributed by atoms with Crippen LogP contribution >= 0.6 is 11.8 Å². The van der Waals surface area contributed by atoms with E-state index < -0.39 is 4.92 Å². The molecule has 0 aliphatic heterocycles. The van der Waals surface area contributed by atoms with Crippen LogP contribution in [-0.4, -0.2) is 30.6 Å². The number of nitrogens with zero attached hydrogens (tertiary/aromatic N) is 1. The monoisotopic (exact) mass is 242 g/mol. The van der Waals surface area contributed by atoms with Crippen LogP contribution in [0.3, 0.4) is 0 Å². The molecule has 16 heavy (non-hydrogen) atoms. The van der Waals surface area contributed by atoms with Gasteiger partial charge in [-0.2, -0.15) is 11.8 Å². The zero-order valence-electron chi connectivity index (χ0n) is 9.23. The molecule has 0 radical (unpaired) electrons. The van der Waals surface area contributed by atoms with Crippen LogP contribution in [0.4, 0.5) is 11.4 Å². The van der Waals surface area contributed by atoms with Crippen LogP contribution in [0.1, 0.15) is 0 Å². The molecule has 5 nitrogen and oxygen atoms in total. The summed E-state index contributed by atoms with van der Waals surface area (Å²) in [6.07, 6.45) is 1.99. The van der Waals surface area contributed by atoms with Crippen LogP contribution in [-0.2, 0) is 0 Å². The van der Waals surface area contributed by atoms with Gasteiger partial charge in [0, 0.05) is 12.3 Å². The van der Waals surface area contributed by atoms with Gasteiger partial charge in [0.1, 0.15) is 11.4 Å². The van der Waals surface area contributed by atoms with Crippen LogP contribution in [0.2, 0.25) is 0 Å².